The zero-order valence-corrected chi connectivity index (χ0v) is 11.3. The minimum Gasteiger partial charge on any atom is -0.358 e. The van der Waals surface area contributed by atoms with Crippen LogP contribution in [0.5, 0.6) is 0 Å². The maximum atomic E-state index is 12.2. The second-order valence-corrected chi connectivity index (χ2v) is 4.77. The molecule has 102 valence electrons. The van der Waals surface area contributed by atoms with Gasteiger partial charge in [0.15, 0.2) is 0 Å². The Hall–Kier alpha value is -1.88. The fourth-order valence-electron chi connectivity index (χ4n) is 2.27. The molecule has 1 aliphatic rings. The van der Waals surface area contributed by atoms with Crippen LogP contribution in [0.1, 0.15) is 11.1 Å². The highest BCUT2D eigenvalue weighted by Gasteiger charge is 2.26. The standard InChI is InChI=1S/C14H19N3O2/c1-15-13(18)9-17(2)14(19)12-7-10-5-3-4-6-11(10)8-16-12/h3-6,12,16H,7-9H2,1-2H3,(H,15,18)/t12-/m1/s1. The van der Waals surface area contributed by atoms with Gasteiger partial charge in [-0.25, -0.2) is 0 Å². The molecule has 0 spiro atoms. The van der Waals surface area contributed by atoms with Crippen LogP contribution in [0.3, 0.4) is 0 Å². The molecule has 19 heavy (non-hydrogen) atoms. The quantitative estimate of drug-likeness (QED) is 0.799. The highest BCUT2D eigenvalue weighted by atomic mass is 16.2. The van der Waals surface area contributed by atoms with Crippen molar-refractivity contribution >= 4 is 11.8 Å². The van der Waals surface area contributed by atoms with Crippen LogP contribution in [0.15, 0.2) is 24.3 Å². The van der Waals surface area contributed by atoms with Gasteiger partial charge in [-0.05, 0) is 17.5 Å². The zero-order chi connectivity index (χ0) is 13.8. The summed E-state index contributed by atoms with van der Waals surface area (Å²) >= 11 is 0. The average molecular weight is 261 g/mol. The van der Waals surface area contributed by atoms with E-state index in [1.54, 1.807) is 14.1 Å². The minimum atomic E-state index is -0.246. The SMILES string of the molecule is CNC(=O)CN(C)C(=O)[C@H]1Cc2ccccc2CN1. The number of nitrogens with one attached hydrogen (secondary N) is 2. The van der Waals surface area contributed by atoms with Crippen LogP contribution in [-0.4, -0.2) is 43.4 Å². The third-order valence-electron chi connectivity index (χ3n) is 3.42. The fraction of sp³-hybridized carbons (Fsp3) is 0.429. The van der Waals surface area contributed by atoms with E-state index < -0.39 is 0 Å². The molecule has 2 amide bonds. The Labute approximate surface area is 113 Å². The molecule has 1 aliphatic heterocycles. The molecule has 5 heteroatoms. The molecule has 0 aliphatic carbocycles. The molecule has 0 saturated heterocycles. The van der Waals surface area contributed by atoms with Gasteiger partial charge in [-0.15, -0.1) is 0 Å². The molecule has 0 unspecified atom stereocenters. The Morgan fingerprint density at radius 1 is 1.37 bits per heavy atom. The molecule has 0 bridgehead atoms. The van der Waals surface area contributed by atoms with E-state index in [9.17, 15) is 9.59 Å². The fourth-order valence-corrected chi connectivity index (χ4v) is 2.27. The van der Waals surface area contributed by atoms with Crippen LogP contribution < -0.4 is 10.6 Å². The molecular formula is C14H19N3O2. The highest BCUT2D eigenvalue weighted by molar-refractivity contribution is 5.87. The Morgan fingerprint density at radius 2 is 2.05 bits per heavy atom. The summed E-state index contributed by atoms with van der Waals surface area (Å²) in [5, 5.41) is 5.74. The van der Waals surface area contributed by atoms with Gasteiger partial charge in [-0.1, -0.05) is 24.3 Å². The molecule has 1 aromatic rings. The number of fused-ring (bicyclic) bond motifs is 1. The van der Waals surface area contributed by atoms with Crippen LogP contribution in [-0.2, 0) is 22.6 Å². The van der Waals surface area contributed by atoms with E-state index in [1.165, 1.54) is 16.0 Å². The molecule has 0 aromatic heterocycles. The Morgan fingerprint density at radius 3 is 2.74 bits per heavy atom. The van der Waals surface area contributed by atoms with Crippen molar-refractivity contribution in [3.8, 4) is 0 Å². The number of likely N-dealkylation sites (N-methyl/N-ethyl adjacent to an activating group) is 2. The summed E-state index contributed by atoms with van der Waals surface area (Å²) in [4.78, 5) is 25.0. The van der Waals surface area contributed by atoms with Gasteiger partial charge in [0.2, 0.25) is 11.8 Å². The molecular weight excluding hydrogens is 242 g/mol. The lowest BCUT2D eigenvalue weighted by molar-refractivity contribution is -0.136. The summed E-state index contributed by atoms with van der Waals surface area (Å²) in [5.41, 5.74) is 2.44. The van der Waals surface area contributed by atoms with Crippen molar-refractivity contribution in [2.24, 2.45) is 0 Å². The lowest BCUT2D eigenvalue weighted by atomic mass is 9.95. The smallest absolute Gasteiger partial charge is 0.240 e. The van der Waals surface area contributed by atoms with E-state index in [-0.39, 0.29) is 24.4 Å². The number of amides is 2. The molecule has 0 radical (unpaired) electrons. The second-order valence-electron chi connectivity index (χ2n) is 4.77. The molecule has 0 fully saturated rings. The molecule has 1 atom stereocenters. The van der Waals surface area contributed by atoms with Crippen LogP contribution in [0.2, 0.25) is 0 Å². The maximum Gasteiger partial charge on any atom is 0.240 e. The Bertz CT molecular complexity index is 487. The van der Waals surface area contributed by atoms with Crippen molar-refractivity contribution in [2.75, 3.05) is 20.6 Å². The Kier molecular flexibility index (Phi) is 4.16. The first-order chi connectivity index (χ1) is 9.11. The normalized spacial score (nSPS) is 17.5. The van der Waals surface area contributed by atoms with Crippen molar-refractivity contribution in [1.29, 1.82) is 0 Å². The van der Waals surface area contributed by atoms with Gasteiger partial charge in [0.05, 0.1) is 12.6 Å². The van der Waals surface area contributed by atoms with Gasteiger partial charge in [0.25, 0.3) is 0 Å². The van der Waals surface area contributed by atoms with Crippen molar-refractivity contribution in [3.63, 3.8) is 0 Å². The van der Waals surface area contributed by atoms with Crippen molar-refractivity contribution in [2.45, 2.75) is 19.0 Å². The zero-order valence-electron chi connectivity index (χ0n) is 11.3. The first-order valence-electron chi connectivity index (χ1n) is 6.37. The first kappa shape index (κ1) is 13.5. The predicted molar refractivity (Wildman–Crippen MR) is 72.5 cm³/mol. The van der Waals surface area contributed by atoms with Gasteiger partial charge >= 0.3 is 0 Å². The summed E-state index contributed by atoms with van der Waals surface area (Å²) in [6.45, 7) is 0.787. The van der Waals surface area contributed by atoms with E-state index in [0.29, 0.717) is 13.0 Å². The van der Waals surface area contributed by atoms with Gasteiger partial charge in [-0.2, -0.15) is 0 Å². The lowest BCUT2D eigenvalue weighted by Crippen LogP contribution is -2.50. The summed E-state index contributed by atoms with van der Waals surface area (Å²) < 4.78 is 0. The minimum absolute atomic E-state index is 0.0434. The number of carbonyl (C=O) groups excluding carboxylic acids is 2. The molecule has 2 N–H and O–H groups in total. The summed E-state index contributed by atoms with van der Waals surface area (Å²) in [6, 6.07) is 7.86. The highest BCUT2D eigenvalue weighted by Crippen LogP contribution is 2.17. The molecule has 1 aromatic carbocycles. The predicted octanol–water partition coefficient (Wildman–Crippen LogP) is -0.0947. The molecule has 5 nitrogen and oxygen atoms in total. The Balaban J connectivity index is 2.00. The van der Waals surface area contributed by atoms with Crippen LogP contribution in [0.4, 0.5) is 0 Å². The lowest BCUT2D eigenvalue weighted by Gasteiger charge is -2.28. The molecule has 0 saturated carbocycles. The number of nitrogens with zero attached hydrogens (tertiary/aromatic N) is 1. The summed E-state index contributed by atoms with van der Waals surface area (Å²) in [7, 11) is 3.22. The van der Waals surface area contributed by atoms with Gasteiger partial charge < -0.3 is 15.5 Å². The van der Waals surface area contributed by atoms with Crippen molar-refractivity contribution in [3.05, 3.63) is 35.4 Å². The van der Waals surface area contributed by atoms with E-state index in [4.69, 9.17) is 0 Å². The third-order valence-corrected chi connectivity index (χ3v) is 3.42. The van der Waals surface area contributed by atoms with Gasteiger partial charge in [0.1, 0.15) is 0 Å². The maximum absolute atomic E-state index is 12.2. The number of rotatable bonds is 3. The molecule has 1 heterocycles. The largest absolute Gasteiger partial charge is 0.358 e. The molecule has 2 rings (SSSR count). The van der Waals surface area contributed by atoms with Gasteiger partial charge in [0, 0.05) is 20.6 Å². The average Bonchev–Trinajstić information content (AvgIpc) is 2.45. The van der Waals surface area contributed by atoms with Crippen molar-refractivity contribution in [1.82, 2.24) is 15.5 Å². The topological polar surface area (TPSA) is 61.4 Å². The van der Waals surface area contributed by atoms with Crippen molar-refractivity contribution < 1.29 is 9.59 Å². The number of hydrogen-bond acceptors (Lipinski definition) is 3. The third kappa shape index (κ3) is 3.12. The summed E-state index contributed by atoms with van der Waals surface area (Å²) in [6.07, 6.45) is 0.674. The van der Waals surface area contributed by atoms with E-state index in [0.717, 1.165) is 0 Å². The van der Waals surface area contributed by atoms with E-state index in [2.05, 4.69) is 22.8 Å². The second kappa shape index (κ2) is 5.84. The van der Waals surface area contributed by atoms with Gasteiger partial charge in [-0.3, -0.25) is 9.59 Å². The number of carbonyl (C=O) groups is 2. The summed E-state index contributed by atoms with van der Waals surface area (Å²) in [5.74, 6) is -0.204. The van der Waals surface area contributed by atoms with Crippen LogP contribution in [0, 0.1) is 0 Å². The number of hydrogen-bond donors (Lipinski definition) is 2. The van der Waals surface area contributed by atoms with E-state index in [1.807, 2.05) is 12.1 Å². The van der Waals surface area contributed by atoms with Crippen LogP contribution in [0.25, 0.3) is 0 Å². The van der Waals surface area contributed by atoms with E-state index >= 15 is 0 Å². The first-order valence-corrected chi connectivity index (χ1v) is 6.37. The number of benzene rings is 1. The van der Waals surface area contributed by atoms with Crippen LogP contribution >= 0.6 is 0 Å². The monoisotopic (exact) mass is 261 g/mol.